The van der Waals surface area contributed by atoms with Crippen molar-refractivity contribution in [3.63, 3.8) is 0 Å². The number of hydrogen-bond acceptors (Lipinski definition) is 3. The fourth-order valence-electron chi connectivity index (χ4n) is 3.00. The van der Waals surface area contributed by atoms with Crippen LogP contribution in [0.25, 0.3) is 0 Å². The molecule has 26 heavy (non-hydrogen) atoms. The third-order valence-electron chi connectivity index (χ3n) is 4.37. The SMILES string of the molecule is COc1ccc(C2CC(=O)NCC2NC(=O)Nc2ccc(Cl)cc2)cc1. The van der Waals surface area contributed by atoms with E-state index < -0.39 is 0 Å². The lowest BCUT2D eigenvalue weighted by Crippen LogP contribution is -2.52. The summed E-state index contributed by atoms with van der Waals surface area (Å²) in [5.41, 5.74) is 1.63. The fraction of sp³-hybridized carbons (Fsp3) is 0.263. The quantitative estimate of drug-likeness (QED) is 0.770. The van der Waals surface area contributed by atoms with E-state index >= 15 is 0 Å². The summed E-state index contributed by atoms with van der Waals surface area (Å²) < 4.78 is 5.18. The molecule has 0 saturated carbocycles. The molecule has 1 heterocycles. The van der Waals surface area contributed by atoms with Gasteiger partial charge in [0.15, 0.2) is 0 Å². The van der Waals surface area contributed by atoms with Crippen LogP contribution in [-0.2, 0) is 4.79 Å². The molecule has 2 aromatic rings. The van der Waals surface area contributed by atoms with E-state index in [9.17, 15) is 9.59 Å². The maximum absolute atomic E-state index is 12.3. The van der Waals surface area contributed by atoms with Crippen molar-refractivity contribution >= 4 is 29.2 Å². The summed E-state index contributed by atoms with van der Waals surface area (Å²) in [5.74, 6) is 0.617. The number of anilines is 1. The van der Waals surface area contributed by atoms with Crippen molar-refractivity contribution in [2.24, 2.45) is 0 Å². The third kappa shape index (κ3) is 4.46. The number of carbonyl (C=O) groups excluding carboxylic acids is 2. The zero-order valence-corrected chi connectivity index (χ0v) is 15.0. The predicted molar refractivity (Wildman–Crippen MR) is 101 cm³/mol. The largest absolute Gasteiger partial charge is 0.497 e. The number of piperidine rings is 1. The molecule has 0 radical (unpaired) electrons. The molecule has 7 heteroatoms. The van der Waals surface area contributed by atoms with Crippen LogP contribution >= 0.6 is 11.6 Å². The van der Waals surface area contributed by atoms with Gasteiger partial charge in [-0.1, -0.05) is 23.7 Å². The van der Waals surface area contributed by atoms with Crippen molar-refractivity contribution in [3.8, 4) is 5.75 Å². The number of amides is 3. The first-order valence-corrected chi connectivity index (χ1v) is 8.66. The molecule has 1 aliphatic rings. The molecule has 1 aliphatic heterocycles. The van der Waals surface area contributed by atoms with Crippen molar-refractivity contribution in [3.05, 3.63) is 59.1 Å². The summed E-state index contributed by atoms with van der Waals surface area (Å²) in [6.07, 6.45) is 0.318. The maximum atomic E-state index is 12.3. The molecule has 3 N–H and O–H groups in total. The highest BCUT2D eigenvalue weighted by molar-refractivity contribution is 6.30. The molecule has 0 aromatic heterocycles. The van der Waals surface area contributed by atoms with Crippen LogP contribution in [0.2, 0.25) is 5.02 Å². The highest BCUT2D eigenvalue weighted by atomic mass is 35.5. The minimum absolute atomic E-state index is 0.0259. The molecule has 6 nitrogen and oxygen atoms in total. The number of urea groups is 1. The first-order chi connectivity index (χ1) is 12.5. The number of halogens is 1. The van der Waals surface area contributed by atoms with E-state index in [0.29, 0.717) is 23.7 Å². The molecule has 1 fully saturated rings. The number of methoxy groups -OCH3 is 1. The minimum atomic E-state index is -0.327. The Hall–Kier alpha value is -2.73. The normalized spacial score (nSPS) is 19.4. The smallest absolute Gasteiger partial charge is 0.319 e. The number of nitrogens with one attached hydrogen (secondary N) is 3. The molecule has 0 spiro atoms. The lowest BCUT2D eigenvalue weighted by atomic mass is 9.85. The molecule has 0 aliphatic carbocycles. The molecular weight excluding hydrogens is 354 g/mol. The second-order valence-corrected chi connectivity index (χ2v) is 6.54. The standard InChI is InChI=1S/C19H20ClN3O3/c1-26-15-8-2-12(3-9-15)16-10-18(24)21-11-17(16)23-19(25)22-14-6-4-13(20)5-7-14/h2-9,16-17H,10-11H2,1H3,(H,21,24)(H2,22,23,25). The first kappa shape index (κ1) is 18.1. The van der Waals surface area contributed by atoms with Crippen LogP contribution in [0.4, 0.5) is 10.5 Å². The minimum Gasteiger partial charge on any atom is -0.497 e. The molecule has 2 aromatic carbocycles. The Kier molecular flexibility index (Phi) is 5.63. The van der Waals surface area contributed by atoms with E-state index in [1.165, 1.54) is 0 Å². The number of carbonyl (C=O) groups is 2. The first-order valence-electron chi connectivity index (χ1n) is 8.29. The summed E-state index contributed by atoms with van der Waals surface area (Å²) in [6.45, 7) is 0.379. The lowest BCUT2D eigenvalue weighted by Gasteiger charge is -2.32. The zero-order chi connectivity index (χ0) is 18.5. The van der Waals surface area contributed by atoms with Crippen LogP contribution in [0, 0.1) is 0 Å². The number of benzene rings is 2. The molecule has 1 saturated heterocycles. The van der Waals surface area contributed by atoms with Gasteiger partial charge in [0.1, 0.15) is 5.75 Å². The summed E-state index contributed by atoms with van der Waals surface area (Å²) in [6, 6.07) is 13.9. The second-order valence-electron chi connectivity index (χ2n) is 6.10. The summed E-state index contributed by atoms with van der Waals surface area (Å²) in [7, 11) is 1.61. The molecule has 2 atom stereocenters. The van der Waals surface area contributed by atoms with Crippen LogP contribution in [-0.4, -0.2) is 31.6 Å². The topological polar surface area (TPSA) is 79.5 Å². The van der Waals surface area contributed by atoms with Gasteiger partial charge >= 0.3 is 6.03 Å². The maximum Gasteiger partial charge on any atom is 0.319 e. The van der Waals surface area contributed by atoms with Gasteiger partial charge < -0.3 is 20.7 Å². The van der Waals surface area contributed by atoms with Gasteiger partial charge in [-0.05, 0) is 42.0 Å². The molecular formula is C19H20ClN3O3. The number of ether oxygens (including phenoxy) is 1. The second kappa shape index (κ2) is 8.10. The van der Waals surface area contributed by atoms with Gasteiger partial charge in [-0.25, -0.2) is 4.79 Å². The molecule has 2 unspecified atom stereocenters. The van der Waals surface area contributed by atoms with Gasteiger partial charge in [-0.15, -0.1) is 0 Å². The van der Waals surface area contributed by atoms with Gasteiger partial charge in [0.25, 0.3) is 0 Å². The van der Waals surface area contributed by atoms with E-state index in [-0.39, 0.29) is 23.9 Å². The Bertz CT molecular complexity index is 778. The predicted octanol–water partition coefficient (Wildman–Crippen LogP) is 3.14. The molecule has 136 valence electrons. The summed E-state index contributed by atoms with van der Waals surface area (Å²) >= 11 is 5.85. The number of rotatable bonds is 4. The number of hydrogen-bond donors (Lipinski definition) is 3. The van der Waals surface area contributed by atoms with Crippen molar-refractivity contribution < 1.29 is 14.3 Å². The lowest BCUT2D eigenvalue weighted by molar-refractivity contribution is -0.123. The van der Waals surface area contributed by atoms with Crippen LogP contribution in [0.3, 0.4) is 0 Å². The van der Waals surface area contributed by atoms with Crippen molar-refractivity contribution in [2.45, 2.75) is 18.4 Å². The van der Waals surface area contributed by atoms with E-state index in [1.54, 1.807) is 31.4 Å². The van der Waals surface area contributed by atoms with E-state index in [1.807, 2.05) is 24.3 Å². The van der Waals surface area contributed by atoms with E-state index in [0.717, 1.165) is 11.3 Å². The molecule has 3 amide bonds. The van der Waals surface area contributed by atoms with E-state index in [2.05, 4.69) is 16.0 Å². The summed E-state index contributed by atoms with van der Waals surface area (Å²) in [5, 5.41) is 9.14. The van der Waals surface area contributed by atoms with Gasteiger partial charge in [0.05, 0.1) is 13.2 Å². The Balaban J connectivity index is 1.69. The molecule has 0 bridgehead atoms. The fourth-order valence-corrected chi connectivity index (χ4v) is 3.13. The Morgan fingerprint density at radius 1 is 1.15 bits per heavy atom. The van der Waals surface area contributed by atoms with Crippen LogP contribution in [0.15, 0.2) is 48.5 Å². The Labute approximate surface area is 156 Å². The van der Waals surface area contributed by atoms with Crippen molar-refractivity contribution in [1.29, 1.82) is 0 Å². The van der Waals surface area contributed by atoms with Gasteiger partial charge in [-0.2, -0.15) is 0 Å². The van der Waals surface area contributed by atoms with Crippen molar-refractivity contribution in [1.82, 2.24) is 10.6 Å². The van der Waals surface area contributed by atoms with Crippen LogP contribution in [0.5, 0.6) is 5.75 Å². The monoisotopic (exact) mass is 373 g/mol. The zero-order valence-electron chi connectivity index (χ0n) is 14.3. The van der Waals surface area contributed by atoms with E-state index in [4.69, 9.17) is 16.3 Å². The average Bonchev–Trinajstić information content (AvgIpc) is 2.65. The highest BCUT2D eigenvalue weighted by Crippen LogP contribution is 2.28. The Morgan fingerprint density at radius 2 is 1.85 bits per heavy atom. The third-order valence-corrected chi connectivity index (χ3v) is 4.62. The average molecular weight is 374 g/mol. The highest BCUT2D eigenvalue weighted by Gasteiger charge is 2.31. The van der Waals surface area contributed by atoms with Crippen molar-refractivity contribution in [2.75, 3.05) is 19.0 Å². The van der Waals surface area contributed by atoms with Gasteiger partial charge in [0.2, 0.25) is 5.91 Å². The summed E-state index contributed by atoms with van der Waals surface area (Å²) in [4.78, 5) is 24.2. The Morgan fingerprint density at radius 3 is 2.50 bits per heavy atom. The van der Waals surface area contributed by atoms with Gasteiger partial charge in [0, 0.05) is 29.6 Å². The van der Waals surface area contributed by atoms with Crippen LogP contribution < -0.4 is 20.7 Å². The van der Waals surface area contributed by atoms with Gasteiger partial charge in [-0.3, -0.25) is 4.79 Å². The molecule has 3 rings (SSSR count). The van der Waals surface area contributed by atoms with Crippen LogP contribution in [0.1, 0.15) is 17.9 Å².